The van der Waals surface area contributed by atoms with Crippen LogP contribution in [-0.2, 0) is 25.5 Å². The van der Waals surface area contributed by atoms with Crippen molar-refractivity contribution in [2.24, 2.45) is 0 Å². The Labute approximate surface area is 133 Å². The molecule has 0 bridgehead atoms. The maximum atomic E-state index is 13.4. The van der Waals surface area contributed by atoms with Crippen LogP contribution in [0.2, 0.25) is 0 Å². The Bertz CT molecular complexity index is 591. The molecule has 7 heteroatoms. The highest BCUT2D eigenvalue weighted by Crippen LogP contribution is 2.09. The summed E-state index contributed by atoms with van der Waals surface area (Å²) in [6.07, 6.45) is 1.54. The number of hydrogen-bond acceptors (Lipinski definition) is 4. The summed E-state index contributed by atoms with van der Waals surface area (Å²) in [6.45, 7) is 0.268. The van der Waals surface area contributed by atoms with Gasteiger partial charge in [0.1, 0.15) is 12.4 Å². The van der Waals surface area contributed by atoms with Gasteiger partial charge in [0.15, 0.2) is 6.61 Å². The van der Waals surface area contributed by atoms with Crippen molar-refractivity contribution >= 4 is 17.8 Å². The normalized spacial score (nSPS) is 14.0. The lowest BCUT2D eigenvalue weighted by molar-refractivity contribution is -0.151. The average molecular weight is 322 g/mol. The number of carbonyl (C=O) groups is 3. The lowest BCUT2D eigenvalue weighted by Crippen LogP contribution is -2.35. The second-order valence-electron chi connectivity index (χ2n) is 5.27. The highest BCUT2D eigenvalue weighted by molar-refractivity contribution is 5.85. The van der Waals surface area contributed by atoms with Crippen LogP contribution >= 0.6 is 0 Å². The summed E-state index contributed by atoms with van der Waals surface area (Å²) in [6, 6.07) is 6.33. The molecule has 0 spiro atoms. The molecule has 0 aromatic heterocycles. The van der Waals surface area contributed by atoms with E-state index in [1.807, 2.05) is 0 Å². The third kappa shape index (κ3) is 5.36. The Balaban J connectivity index is 1.62. The van der Waals surface area contributed by atoms with Crippen molar-refractivity contribution in [3.05, 3.63) is 35.6 Å². The van der Waals surface area contributed by atoms with E-state index in [1.165, 1.54) is 11.0 Å². The topological polar surface area (TPSA) is 75.7 Å². The molecule has 0 saturated carbocycles. The van der Waals surface area contributed by atoms with Gasteiger partial charge in [0, 0.05) is 19.5 Å². The molecule has 1 N–H and O–H groups in total. The van der Waals surface area contributed by atoms with Gasteiger partial charge in [-0.2, -0.15) is 0 Å². The van der Waals surface area contributed by atoms with Gasteiger partial charge in [-0.25, -0.2) is 4.39 Å². The number of carbonyl (C=O) groups excluding carboxylic acids is 3. The van der Waals surface area contributed by atoms with Gasteiger partial charge in [-0.05, 0) is 24.5 Å². The molecule has 1 aromatic rings. The van der Waals surface area contributed by atoms with Gasteiger partial charge < -0.3 is 15.0 Å². The smallest absolute Gasteiger partial charge is 0.326 e. The van der Waals surface area contributed by atoms with E-state index in [0.717, 1.165) is 6.42 Å². The van der Waals surface area contributed by atoms with Crippen LogP contribution in [0.1, 0.15) is 18.4 Å². The number of nitrogens with one attached hydrogen (secondary N) is 1. The van der Waals surface area contributed by atoms with Gasteiger partial charge in [-0.1, -0.05) is 18.2 Å². The van der Waals surface area contributed by atoms with Crippen LogP contribution in [0.15, 0.2) is 24.3 Å². The highest BCUT2D eigenvalue weighted by atomic mass is 19.1. The van der Waals surface area contributed by atoms with E-state index in [1.54, 1.807) is 18.2 Å². The van der Waals surface area contributed by atoms with Gasteiger partial charge >= 0.3 is 5.97 Å². The Morgan fingerprint density at radius 3 is 2.78 bits per heavy atom. The molecular formula is C16H19FN2O4. The molecule has 124 valence electrons. The lowest BCUT2D eigenvalue weighted by Gasteiger charge is -2.14. The first-order chi connectivity index (χ1) is 11.1. The van der Waals surface area contributed by atoms with Gasteiger partial charge in [0.2, 0.25) is 5.91 Å². The fourth-order valence-electron chi connectivity index (χ4n) is 2.31. The number of rotatable bonds is 7. The molecule has 23 heavy (non-hydrogen) atoms. The van der Waals surface area contributed by atoms with E-state index in [0.29, 0.717) is 24.9 Å². The maximum Gasteiger partial charge on any atom is 0.326 e. The molecule has 1 fully saturated rings. The van der Waals surface area contributed by atoms with Crippen LogP contribution in [0.4, 0.5) is 4.39 Å². The summed E-state index contributed by atoms with van der Waals surface area (Å²) in [4.78, 5) is 35.9. The molecule has 1 aliphatic heterocycles. The zero-order chi connectivity index (χ0) is 16.7. The summed E-state index contributed by atoms with van der Waals surface area (Å²) in [5.74, 6) is -1.45. The van der Waals surface area contributed by atoms with Crippen LogP contribution in [0.3, 0.4) is 0 Å². The van der Waals surface area contributed by atoms with E-state index in [9.17, 15) is 18.8 Å². The van der Waals surface area contributed by atoms with Gasteiger partial charge in [-0.15, -0.1) is 0 Å². The molecule has 0 radical (unpaired) electrons. The summed E-state index contributed by atoms with van der Waals surface area (Å²) in [7, 11) is 0. The third-order valence-corrected chi connectivity index (χ3v) is 3.53. The Kier molecular flexibility index (Phi) is 6.08. The summed E-state index contributed by atoms with van der Waals surface area (Å²) in [5, 5.41) is 2.55. The van der Waals surface area contributed by atoms with Crippen LogP contribution in [0.25, 0.3) is 0 Å². The quantitative estimate of drug-likeness (QED) is 0.748. The summed E-state index contributed by atoms with van der Waals surface area (Å²) >= 11 is 0. The van der Waals surface area contributed by atoms with Crippen molar-refractivity contribution in [3.63, 3.8) is 0 Å². The predicted molar refractivity (Wildman–Crippen MR) is 79.9 cm³/mol. The molecule has 2 rings (SSSR count). The number of likely N-dealkylation sites (tertiary alicyclic amines) is 1. The number of amides is 2. The molecule has 0 aliphatic carbocycles. The zero-order valence-corrected chi connectivity index (χ0v) is 12.7. The van der Waals surface area contributed by atoms with Crippen molar-refractivity contribution in [2.45, 2.75) is 19.3 Å². The number of ether oxygens (including phenoxy) is 1. The molecule has 1 aliphatic rings. The number of nitrogens with zero attached hydrogens (tertiary/aromatic N) is 1. The Morgan fingerprint density at radius 1 is 1.30 bits per heavy atom. The number of benzene rings is 1. The fraction of sp³-hybridized carbons (Fsp3) is 0.438. The monoisotopic (exact) mass is 322 g/mol. The van der Waals surface area contributed by atoms with Crippen LogP contribution in [0, 0.1) is 5.82 Å². The maximum absolute atomic E-state index is 13.4. The molecule has 6 nitrogen and oxygen atoms in total. The van der Waals surface area contributed by atoms with Crippen molar-refractivity contribution in [1.82, 2.24) is 10.2 Å². The third-order valence-electron chi connectivity index (χ3n) is 3.53. The van der Waals surface area contributed by atoms with Gasteiger partial charge in [0.25, 0.3) is 5.91 Å². The highest BCUT2D eigenvalue weighted by Gasteiger charge is 2.23. The fourth-order valence-corrected chi connectivity index (χ4v) is 2.31. The minimum atomic E-state index is -0.607. The molecule has 2 amide bonds. The minimum Gasteiger partial charge on any atom is -0.454 e. The second-order valence-corrected chi connectivity index (χ2v) is 5.27. The largest absolute Gasteiger partial charge is 0.454 e. The van der Waals surface area contributed by atoms with E-state index < -0.39 is 18.5 Å². The molecule has 1 aromatic carbocycles. The first-order valence-corrected chi connectivity index (χ1v) is 7.50. The van der Waals surface area contributed by atoms with Crippen LogP contribution in [-0.4, -0.2) is 48.9 Å². The molecular weight excluding hydrogens is 303 g/mol. The van der Waals surface area contributed by atoms with Gasteiger partial charge in [0.05, 0.1) is 0 Å². The van der Waals surface area contributed by atoms with Crippen molar-refractivity contribution < 1.29 is 23.5 Å². The van der Waals surface area contributed by atoms with Gasteiger partial charge in [-0.3, -0.25) is 14.4 Å². The summed E-state index contributed by atoms with van der Waals surface area (Å²) < 4.78 is 18.2. The number of esters is 1. The van der Waals surface area contributed by atoms with E-state index >= 15 is 0 Å². The first kappa shape index (κ1) is 16.9. The van der Waals surface area contributed by atoms with Crippen molar-refractivity contribution in [2.75, 3.05) is 26.2 Å². The molecule has 0 unspecified atom stereocenters. The zero-order valence-electron chi connectivity index (χ0n) is 12.7. The Hall–Kier alpha value is -2.44. The van der Waals surface area contributed by atoms with Crippen LogP contribution < -0.4 is 5.32 Å². The predicted octanol–water partition coefficient (Wildman–Crippen LogP) is 0.650. The summed E-state index contributed by atoms with van der Waals surface area (Å²) in [5.41, 5.74) is 0.511. The Morgan fingerprint density at radius 2 is 2.09 bits per heavy atom. The first-order valence-electron chi connectivity index (χ1n) is 7.50. The average Bonchev–Trinajstić information content (AvgIpc) is 2.92. The SMILES string of the molecule is O=C(COC(=O)CN1CCCC1=O)NCCc1ccccc1F. The van der Waals surface area contributed by atoms with Crippen LogP contribution in [0.5, 0.6) is 0 Å². The minimum absolute atomic E-state index is 0.0729. The second kappa shape index (κ2) is 8.26. The molecule has 1 saturated heterocycles. The van der Waals surface area contributed by atoms with E-state index in [-0.39, 0.29) is 24.8 Å². The molecule has 0 atom stereocenters. The van der Waals surface area contributed by atoms with E-state index in [4.69, 9.17) is 4.74 Å². The lowest BCUT2D eigenvalue weighted by atomic mass is 10.1. The number of hydrogen-bond donors (Lipinski definition) is 1. The van der Waals surface area contributed by atoms with Crippen molar-refractivity contribution in [3.8, 4) is 0 Å². The number of halogens is 1. The van der Waals surface area contributed by atoms with E-state index in [2.05, 4.69) is 5.32 Å². The standard InChI is InChI=1S/C16H19FN2O4/c17-13-5-2-1-4-12(13)7-8-18-14(20)11-23-16(22)10-19-9-3-6-15(19)21/h1-2,4-5H,3,6-11H2,(H,18,20). The molecule has 1 heterocycles. The van der Waals surface area contributed by atoms with Crippen molar-refractivity contribution in [1.29, 1.82) is 0 Å².